The second-order valence-electron chi connectivity index (χ2n) is 3.77. The monoisotopic (exact) mass is 393 g/mol. The summed E-state index contributed by atoms with van der Waals surface area (Å²) in [6.07, 6.45) is 0. The van der Waals surface area contributed by atoms with Crippen molar-refractivity contribution in [2.75, 3.05) is 11.5 Å². The summed E-state index contributed by atoms with van der Waals surface area (Å²) in [4.78, 5) is 0. The van der Waals surface area contributed by atoms with Crippen molar-refractivity contribution >= 4 is 50.5 Å². The van der Waals surface area contributed by atoms with Crippen molar-refractivity contribution in [1.82, 2.24) is 0 Å². The first-order valence-electron chi connectivity index (χ1n) is 5.31. The molecule has 0 saturated carbocycles. The fraction of sp³-hybridized carbons (Fsp3) is 0. The molecule has 8 heteroatoms. The van der Waals surface area contributed by atoms with Gasteiger partial charge in [-0.3, -0.25) is 0 Å². The van der Waals surface area contributed by atoms with E-state index in [0.29, 0.717) is 5.69 Å². The lowest BCUT2D eigenvalue weighted by Crippen LogP contribution is -1.90. The van der Waals surface area contributed by atoms with E-state index in [1.54, 1.807) is 6.07 Å². The molecule has 110 valence electrons. The summed E-state index contributed by atoms with van der Waals surface area (Å²) in [7, 11) is 0. The number of rotatable bonds is 0. The molecular weight excluding hydrogens is 387 g/mol. The van der Waals surface area contributed by atoms with Crippen LogP contribution in [0.2, 0.25) is 10.0 Å². The van der Waals surface area contributed by atoms with E-state index < -0.39 is 11.6 Å². The predicted molar refractivity (Wildman–Crippen MR) is 84.1 cm³/mol. The Morgan fingerprint density at radius 1 is 0.952 bits per heavy atom. The maximum Gasteiger partial charge on any atom is 0.144 e. The van der Waals surface area contributed by atoms with E-state index in [2.05, 4.69) is 15.9 Å². The Morgan fingerprint density at radius 2 is 1.43 bits per heavy atom. The van der Waals surface area contributed by atoms with Gasteiger partial charge in [0.25, 0.3) is 0 Å². The molecule has 0 spiro atoms. The molecule has 0 aliphatic heterocycles. The van der Waals surface area contributed by atoms with Crippen molar-refractivity contribution in [3.8, 4) is 6.07 Å². The molecule has 2 rings (SSSR count). The quantitative estimate of drug-likeness (QED) is 0.499. The van der Waals surface area contributed by atoms with Crippen LogP contribution in [-0.4, -0.2) is 0 Å². The molecule has 0 saturated heterocycles. The molecule has 0 unspecified atom stereocenters. The summed E-state index contributed by atoms with van der Waals surface area (Å²) >= 11 is 14.0. The van der Waals surface area contributed by atoms with Crippen molar-refractivity contribution in [2.24, 2.45) is 0 Å². The highest BCUT2D eigenvalue weighted by Gasteiger charge is 2.06. The fourth-order valence-corrected chi connectivity index (χ4v) is 1.98. The van der Waals surface area contributed by atoms with Crippen molar-refractivity contribution in [1.29, 1.82) is 5.26 Å². The average molecular weight is 395 g/mol. The number of nitriles is 1. The van der Waals surface area contributed by atoms with Crippen LogP contribution < -0.4 is 11.5 Å². The minimum atomic E-state index is -0.683. The molecule has 0 aromatic heterocycles. The average Bonchev–Trinajstić information content (AvgIpc) is 2.36. The number of anilines is 2. The number of nitrogens with two attached hydrogens (primary N) is 2. The summed E-state index contributed by atoms with van der Waals surface area (Å²) in [6, 6.07) is 6.71. The van der Waals surface area contributed by atoms with Gasteiger partial charge in [0.2, 0.25) is 0 Å². The maximum atomic E-state index is 12.7. The zero-order valence-electron chi connectivity index (χ0n) is 10.3. The van der Waals surface area contributed by atoms with Crippen molar-refractivity contribution in [3.05, 3.63) is 56.0 Å². The molecule has 0 amide bonds. The van der Waals surface area contributed by atoms with E-state index in [-0.39, 0.29) is 25.8 Å². The lowest BCUT2D eigenvalue weighted by molar-refractivity contribution is 0.622. The van der Waals surface area contributed by atoms with Crippen LogP contribution in [0.3, 0.4) is 0 Å². The molecule has 2 aromatic carbocycles. The molecule has 0 atom stereocenters. The minimum Gasteiger partial charge on any atom is -0.399 e. The Kier molecular flexibility index (Phi) is 6.21. The highest BCUT2D eigenvalue weighted by atomic mass is 79.9. The van der Waals surface area contributed by atoms with Crippen LogP contribution in [0.25, 0.3) is 0 Å². The zero-order valence-corrected chi connectivity index (χ0v) is 13.4. The Bertz CT molecular complexity index is 671. The van der Waals surface area contributed by atoms with Gasteiger partial charge in [0.05, 0.1) is 14.5 Å². The third kappa shape index (κ3) is 4.74. The van der Waals surface area contributed by atoms with Gasteiger partial charge in [0, 0.05) is 11.4 Å². The highest BCUT2D eigenvalue weighted by Crippen LogP contribution is 2.27. The number of hydrogen-bond acceptors (Lipinski definition) is 3. The third-order valence-electron chi connectivity index (χ3n) is 2.18. The molecule has 4 N–H and O–H groups in total. The lowest BCUT2D eigenvalue weighted by Gasteiger charge is -1.98. The third-order valence-corrected chi connectivity index (χ3v) is 3.81. The van der Waals surface area contributed by atoms with Gasteiger partial charge in [-0.15, -0.1) is 0 Å². The normalized spacial score (nSPS) is 9.52. The number of hydrogen-bond donors (Lipinski definition) is 2. The van der Waals surface area contributed by atoms with E-state index in [1.165, 1.54) is 18.2 Å². The summed E-state index contributed by atoms with van der Waals surface area (Å²) in [5.41, 5.74) is 10.9. The van der Waals surface area contributed by atoms with Crippen molar-refractivity contribution in [3.63, 3.8) is 0 Å². The summed E-state index contributed by atoms with van der Waals surface area (Å²) in [6.45, 7) is 0. The van der Waals surface area contributed by atoms with Crippen LogP contribution in [0, 0.1) is 23.0 Å². The standard InChI is InChI=1S/C7H4ClFN2.C6H4BrClFN/c8-6-1-4(11)2-7(9)5(6)3-10;7-6-4(8)1-3(10)2-5(6)9/h1-2H,11H2;1-2H,10H2. The first-order valence-corrected chi connectivity index (χ1v) is 6.85. The summed E-state index contributed by atoms with van der Waals surface area (Å²) in [5, 5.41) is 8.71. The van der Waals surface area contributed by atoms with Gasteiger partial charge in [0.15, 0.2) is 0 Å². The molecule has 3 nitrogen and oxygen atoms in total. The molecule has 0 radical (unpaired) electrons. The molecule has 0 aliphatic carbocycles. The molecular formula is C13H8BrCl2F2N3. The number of nitrogen functional groups attached to an aromatic ring is 2. The smallest absolute Gasteiger partial charge is 0.144 e. The van der Waals surface area contributed by atoms with E-state index in [9.17, 15) is 8.78 Å². The maximum absolute atomic E-state index is 12.7. The van der Waals surface area contributed by atoms with Crippen LogP contribution in [-0.2, 0) is 0 Å². The van der Waals surface area contributed by atoms with Gasteiger partial charge in [-0.25, -0.2) is 8.78 Å². The van der Waals surface area contributed by atoms with Gasteiger partial charge >= 0.3 is 0 Å². The predicted octanol–water partition coefficient (Wildman–Crippen LogP) is 4.76. The summed E-state index contributed by atoms with van der Waals surface area (Å²) < 4.78 is 25.6. The van der Waals surface area contributed by atoms with Crippen LogP contribution >= 0.6 is 39.1 Å². The molecule has 21 heavy (non-hydrogen) atoms. The van der Waals surface area contributed by atoms with E-state index in [0.717, 1.165) is 6.07 Å². The largest absolute Gasteiger partial charge is 0.399 e. The zero-order chi connectivity index (χ0) is 16.2. The second-order valence-corrected chi connectivity index (χ2v) is 5.38. The minimum absolute atomic E-state index is 0.0463. The molecule has 0 bridgehead atoms. The Balaban J connectivity index is 0.000000211. The van der Waals surface area contributed by atoms with Crippen LogP contribution in [0.1, 0.15) is 5.56 Å². The number of nitrogens with zero attached hydrogens (tertiary/aromatic N) is 1. The Morgan fingerprint density at radius 3 is 1.86 bits per heavy atom. The first kappa shape index (κ1) is 17.5. The van der Waals surface area contributed by atoms with E-state index in [4.69, 9.17) is 39.9 Å². The second kappa shape index (κ2) is 7.46. The summed E-state index contributed by atoms with van der Waals surface area (Å²) in [5.74, 6) is -1.12. The Hall–Kier alpha value is -1.55. The van der Waals surface area contributed by atoms with E-state index in [1.807, 2.05) is 0 Å². The number of benzene rings is 2. The first-order chi connectivity index (χ1) is 9.76. The topological polar surface area (TPSA) is 75.8 Å². The molecule has 0 aliphatic rings. The van der Waals surface area contributed by atoms with Crippen LogP contribution in [0.15, 0.2) is 28.7 Å². The van der Waals surface area contributed by atoms with Gasteiger partial charge in [-0.1, -0.05) is 23.2 Å². The van der Waals surface area contributed by atoms with Gasteiger partial charge < -0.3 is 11.5 Å². The van der Waals surface area contributed by atoms with Crippen molar-refractivity contribution < 1.29 is 8.78 Å². The molecule has 0 heterocycles. The fourth-order valence-electron chi connectivity index (χ4n) is 1.27. The van der Waals surface area contributed by atoms with Gasteiger partial charge in [-0.05, 0) is 40.2 Å². The molecule has 0 fully saturated rings. The van der Waals surface area contributed by atoms with Crippen molar-refractivity contribution in [2.45, 2.75) is 0 Å². The lowest BCUT2D eigenvalue weighted by atomic mass is 10.2. The van der Waals surface area contributed by atoms with E-state index >= 15 is 0 Å². The van der Waals surface area contributed by atoms with Gasteiger partial charge in [-0.2, -0.15) is 5.26 Å². The molecule has 2 aromatic rings. The van der Waals surface area contributed by atoms with Gasteiger partial charge in [0.1, 0.15) is 23.3 Å². The Labute approximate surface area is 138 Å². The SMILES string of the molecule is N#Cc1c(F)cc(N)cc1Cl.Nc1cc(F)c(Br)c(Cl)c1. The van der Waals surface area contributed by atoms with Crippen LogP contribution in [0.4, 0.5) is 20.2 Å². The highest BCUT2D eigenvalue weighted by molar-refractivity contribution is 9.10. The van der Waals surface area contributed by atoms with Crippen LogP contribution in [0.5, 0.6) is 0 Å². The number of halogens is 5.